The van der Waals surface area contributed by atoms with Crippen LogP contribution in [0.3, 0.4) is 0 Å². The van der Waals surface area contributed by atoms with Gasteiger partial charge in [-0.3, -0.25) is 4.79 Å². The minimum absolute atomic E-state index is 0.104. The van der Waals surface area contributed by atoms with Gasteiger partial charge in [0.25, 0.3) is 5.91 Å². The number of aliphatic hydroxyl groups excluding tert-OH is 1. The number of methoxy groups -OCH3 is 1. The molecule has 0 aromatic heterocycles. The summed E-state index contributed by atoms with van der Waals surface area (Å²) in [6, 6.07) is 6.70. The Balaban J connectivity index is 2.92. The molecule has 0 saturated heterocycles. The van der Waals surface area contributed by atoms with E-state index in [0.29, 0.717) is 11.1 Å². The maximum absolute atomic E-state index is 11.7. The van der Waals surface area contributed by atoms with Crippen molar-refractivity contribution >= 4 is 11.7 Å². The lowest BCUT2D eigenvalue weighted by Gasteiger charge is -2.03. The molecule has 16 heavy (non-hydrogen) atoms. The van der Waals surface area contributed by atoms with Gasteiger partial charge in [-0.05, 0) is 11.6 Å². The fourth-order valence-electron chi connectivity index (χ4n) is 1.24. The predicted molar refractivity (Wildman–Crippen MR) is 60.2 cm³/mol. The number of hydrogen-bond donors (Lipinski definition) is 2. The zero-order chi connectivity index (χ0) is 12.0. The monoisotopic (exact) mass is 222 g/mol. The molecule has 0 aliphatic carbocycles. The van der Waals surface area contributed by atoms with Crippen LogP contribution in [0, 0.1) is 0 Å². The van der Waals surface area contributed by atoms with E-state index >= 15 is 0 Å². The molecule has 0 aliphatic heterocycles. The van der Waals surface area contributed by atoms with Gasteiger partial charge in [-0.25, -0.2) is 0 Å². The average molecular weight is 222 g/mol. The normalized spacial score (nSPS) is 11.5. The van der Waals surface area contributed by atoms with Crippen molar-refractivity contribution in [1.29, 1.82) is 0 Å². The number of carbonyl (C=O) groups excluding carboxylic acids is 1. The van der Waals surface area contributed by atoms with Crippen LogP contribution in [0.2, 0.25) is 0 Å². The van der Waals surface area contributed by atoms with Gasteiger partial charge in [0.2, 0.25) is 0 Å². The first kappa shape index (κ1) is 12.4. The second kappa shape index (κ2) is 5.99. The summed E-state index contributed by atoms with van der Waals surface area (Å²) in [6.45, 7) is -0.103. The Labute approximate surface area is 93.6 Å². The highest BCUT2D eigenvalue weighted by Crippen LogP contribution is 2.09. The number of nitrogens with zero attached hydrogens (tertiary/aromatic N) is 1. The van der Waals surface area contributed by atoms with Crippen LogP contribution in [0.1, 0.15) is 15.9 Å². The van der Waals surface area contributed by atoms with Crippen LogP contribution in [0.25, 0.3) is 0 Å². The third-order valence-electron chi connectivity index (χ3n) is 1.96. The van der Waals surface area contributed by atoms with Crippen LogP contribution in [0.4, 0.5) is 0 Å². The summed E-state index contributed by atoms with van der Waals surface area (Å²) in [7, 11) is 1.47. The SMILES string of the molecule is COCC(N)=NC(=O)c1ccccc1CO. The fourth-order valence-corrected chi connectivity index (χ4v) is 1.24. The number of amidine groups is 1. The molecule has 1 rings (SSSR count). The molecule has 1 aromatic carbocycles. The van der Waals surface area contributed by atoms with Crippen molar-refractivity contribution in [3.8, 4) is 0 Å². The third-order valence-corrected chi connectivity index (χ3v) is 1.96. The Morgan fingerprint density at radius 1 is 1.50 bits per heavy atom. The van der Waals surface area contributed by atoms with Gasteiger partial charge < -0.3 is 15.6 Å². The molecule has 0 atom stereocenters. The van der Waals surface area contributed by atoms with E-state index in [4.69, 9.17) is 15.6 Å². The Bertz CT molecular complexity index is 402. The highest BCUT2D eigenvalue weighted by molar-refractivity contribution is 6.03. The maximum atomic E-state index is 11.7. The lowest BCUT2D eigenvalue weighted by atomic mass is 10.1. The van der Waals surface area contributed by atoms with Gasteiger partial charge in [0.05, 0.1) is 6.61 Å². The van der Waals surface area contributed by atoms with Crippen molar-refractivity contribution in [2.45, 2.75) is 6.61 Å². The summed E-state index contributed by atoms with van der Waals surface area (Å²) in [6.07, 6.45) is 0. The van der Waals surface area contributed by atoms with E-state index < -0.39 is 5.91 Å². The van der Waals surface area contributed by atoms with Gasteiger partial charge in [0.15, 0.2) is 0 Å². The fraction of sp³-hybridized carbons (Fsp3) is 0.273. The number of aliphatic imine (C=N–C) groups is 1. The van der Waals surface area contributed by atoms with Crippen molar-refractivity contribution in [1.82, 2.24) is 0 Å². The Hall–Kier alpha value is -1.72. The van der Waals surface area contributed by atoms with E-state index in [9.17, 15) is 4.79 Å². The van der Waals surface area contributed by atoms with Gasteiger partial charge in [-0.15, -0.1) is 0 Å². The summed E-state index contributed by atoms with van der Waals surface area (Å²) in [5.74, 6) is -0.362. The van der Waals surface area contributed by atoms with E-state index in [1.807, 2.05) is 0 Å². The summed E-state index contributed by atoms with van der Waals surface area (Å²) < 4.78 is 4.74. The number of rotatable bonds is 4. The highest BCUT2D eigenvalue weighted by atomic mass is 16.5. The van der Waals surface area contributed by atoms with Gasteiger partial charge in [-0.2, -0.15) is 4.99 Å². The van der Waals surface area contributed by atoms with Crippen molar-refractivity contribution in [2.24, 2.45) is 10.7 Å². The molecule has 0 heterocycles. The number of amides is 1. The minimum Gasteiger partial charge on any atom is -0.392 e. The summed E-state index contributed by atoms with van der Waals surface area (Å²) in [4.78, 5) is 15.3. The molecule has 1 aromatic rings. The number of nitrogens with two attached hydrogens (primary N) is 1. The first-order chi connectivity index (χ1) is 7.69. The molecule has 3 N–H and O–H groups in total. The molecule has 0 aliphatic rings. The van der Waals surface area contributed by atoms with Crippen LogP contribution in [-0.4, -0.2) is 30.6 Å². The van der Waals surface area contributed by atoms with Crippen LogP contribution in [0.15, 0.2) is 29.3 Å². The number of hydrogen-bond acceptors (Lipinski definition) is 3. The van der Waals surface area contributed by atoms with E-state index in [1.54, 1.807) is 24.3 Å². The van der Waals surface area contributed by atoms with Gasteiger partial charge in [-0.1, -0.05) is 18.2 Å². The Morgan fingerprint density at radius 3 is 2.81 bits per heavy atom. The lowest BCUT2D eigenvalue weighted by Crippen LogP contribution is -2.20. The van der Waals surface area contributed by atoms with Crippen molar-refractivity contribution in [3.63, 3.8) is 0 Å². The smallest absolute Gasteiger partial charge is 0.279 e. The van der Waals surface area contributed by atoms with Crippen LogP contribution < -0.4 is 5.73 Å². The number of carbonyl (C=O) groups is 1. The highest BCUT2D eigenvalue weighted by Gasteiger charge is 2.09. The average Bonchev–Trinajstić information content (AvgIpc) is 2.29. The second-order valence-electron chi connectivity index (χ2n) is 3.16. The first-order valence-electron chi connectivity index (χ1n) is 4.74. The van der Waals surface area contributed by atoms with E-state index in [-0.39, 0.29) is 19.0 Å². The predicted octanol–water partition coefficient (Wildman–Crippen LogP) is 0.323. The third kappa shape index (κ3) is 3.15. The van der Waals surface area contributed by atoms with Crippen molar-refractivity contribution in [3.05, 3.63) is 35.4 Å². The van der Waals surface area contributed by atoms with Gasteiger partial charge >= 0.3 is 0 Å². The second-order valence-corrected chi connectivity index (χ2v) is 3.16. The molecule has 0 radical (unpaired) electrons. The van der Waals surface area contributed by atoms with Crippen molar-refractivity contribution in [2.75, 3.05) is 13.7 Å². The van der Waals surface area contributed by atoms with E-state index in [0.717, 1.165) is 0 Å². The molecule has 0 spiro atoms. The number of aliphatic hydroxyl groups is 1. The lowest BCUT2D eigenvalue weighted by molar-refractivity contribution is 0.0998. The summed E-state index contributed by atoms with van der Waals surface area (Å²) in [5.41, 5.74) is 6.34. The molecular weight excluding hydrogens is 208 g/mol. The van der Waals surface area contributed by atoms with Crippen LogP contribution >= 0.6 is 0 Å². The minimum atomic E-state index is -0.473. The molecule has 86 valence electrons. The molecule has 5 heteroatoms. The molecule has 5 nitrogen and oxygen atoms in total. The molecular formula is C11H14N2O3. The molecule has 0 fully saturated rings. The zero-order valence-electron chi connectivity index (χ0n) is 9.01. The Kier molecular flexibility index (Phi) is 4.63. The summed E-state index contributed by atoms with van der Waals surface area (Å²) >= 11 is 0. The maximum Gasteiger partial charge on any atom is 0.279 e. The van der Waals surface area contributed by atoms with Crippen molar-refractivity contribution < 1.29 is 14.6 Å². The van der Waals surface area contributed by atoms with E-state index in [1.165, 1.54) is 7.11 Å². The Morgan fingerprint density at radius 2 is 2.19 bits per heavy atom. The van der Waals surface area contributed by atoms with Gasteiger partial charge in [0.1, 0.15) is 12.4 Å². The number of ether oxygens (including phenoxy) is 1. The van der Waals surface area contributed by atoms with Crippen LogP contribution in [0.5, 0.6) is 0 Å². The number of benzene rings is 1. The topological polar surface area (TPSA) is 84.9 Å². The standard InChI is InChI=1S/C11H14N2O3/c1-16-7-10(12)13-11(15)9-5-3-2-4-8(9)6-14/h2-5,14H,6-7H2,1H3,(H2,12,13,15). The van der Waals surface area contributed by atoms with Gasteiger partial charge in [0, 0.05) is 12.7 Å². The molecule has 0 saturated carbocycles. The zero-order valence-corrected chi connectivity index (χ0v) is 9.01. The largest absolute Gasteiger partial charge is 0.392 e. The summed E-state index contributed by atoms with van der Waals surface area (Å²) in [5, 5.41) is 9.05. The molecule has 0 bridgehead atoms. The first-order valence-corrected chi connectivity index (χ1v) is 4.74. The quantitative estimate of drug-likeness (QED) is 0.567. The van der Waals surface area contributed by atoms with E-state index in [2.05, 4.69) is 4.99 Å². The van der Waals surface area contributed by atoms with Crippen LogP contribution in [-0.2, 0) is 11.3 Å². The molecule has 1 amide bonds. The molecule has 0 unspecified atom stereocenters.